The van der Waals surface area contributed by atoms with Crippen LogP contribution in [0.25, 0.3) is 0 Å². The van der Waals surface area contributed by atoms with E-state index in [1.807, 2.05) is 33.9 Å². The molecular weight excluding hydrogens is 256 g/mol. The van der Waals surface area contributed by atoms with E-state index in [9.17, 15) is 4.79 Å². The molecule has 0 bridgehead atoms. The number of likely N-dealkylation sites (tertiary alicyclic amines) is 1. The van der Waals surface area contributed by atoms with Gasteiger partial charge < -0.3 is 15.0 Å². The highest BCUT2D eigenvalue weighted by Gasteiger charge is 2.23. The molecule has 1 atom stereocenters. The molecule has 1 fully saturated rings. The zero-order valence-corrected chi connectivity index (χ0v) is 12.5. The lowest BCUT2D eigenvalue weighted by atomic mass is 10.1. The molecule has 1 unspecified atom stereocenters. The number of nitrogens with one attached hydrogen (secondary N) is 1. The molecule has 110 valence electrons. The first-order valence-electron chi connectivity index (χ1n) is 6.97. The van der Waals surface area contributed by atoms with Gasteiger partial charge in [-0.15, -0.1) is 0 Å². The number of likely N-dealkylation sites (N-methyl/N-ethyl adjacent to an activating group) is 1. The second kappa shape index (κ2) is 6.07. The first-order valence-corrected chi connectivity index (χ1v) is 6.97. The van der Waals surface area contributed by atoms with Crippen LogP contribution in [0.15, 0.2) is 6.07 Å². The van der Waals surface area contributed by atoms with E-state index < -0.39 is 0 Å². The molecule has 1 aliphatic heterocycles. The van der Waals surface area contributed by atoms with E-state index in [-0.39, 0.29) is 18.1 Å². The second-order valence-electron chi connectivity index (χ2n) is 5.49. The zero-order chi connectivity index (χ0) is 14.7. The van der Waals surface area contributed by atoms with E-state index in [0.29, 0.717) is 24.8 Å². The molecule has 0 aromatic carbocycles. The standard InChI is InChI=1S/C14H22N4O2/c1-9(2)20-12-7-10(3)15-14(17-12)16-11-5-6-13(19)18(4)8-11/h7,9,11H,5-6,8H2,1-4H3,(H,15,16,17). The number of ether oxygens (including phenoxy) is 1. The summed E-state index contributed by atoms with van der Waals surface area (Å²) in [6, 6.07) is 2.01. The smallest absolute Gasteiger partial charge is 0.226 e. The Morgan fingerprint density at radius 3 is 2.85 bits per heavy atom. The fourth-order valence-corrected chi connectivity index (χ4v) is 2.22. The van der Waals surface area contributed by atoms with E-state index in [0.717, 1.165) is 12.1 Å². The van der Waals surface area contributed by atoms with Crippen LogP contribution in [0.3, 0.4) is 0 Å². The molecule has 1 N–H and O–H groups in total. The topological polar surface area (TPSA) is 67.3 Å². The van der Waals surface area contributed by atoms with E-state index in [1.54, 1.807) is 4.90 Å². The molecule has 1 aromatic heterocycles. The van der Waals surface area contributed by atoms with E-state index in [2.05, 4.69) is 15.3 Å². The van der Waals surface area contributed by atoms with Gasteiger partial charge in [0, 0.05) is 37.8 Å². The summed E-state index contributed by atoms with van der Waals surface area (Å²) in [7, 11) is 1.82. The molecule has 1 saturated heterocycles. The lowest BCUT2D eigenvalue weighted by Crippen LogP contribution is -2.43. The lowest BCUT2D eigenvalue weighted by Gasteiger charge is -2.30. The van der Waals surface area contributed by atoms with Crippen molar-refractivity contribution in [2.45, 2.75) is 45.8 Å². The number of carbonyl (C=O) groups excluding carboxylic acids is 1. The molecule has 0 saturated carbocycles. The highest BCUT2D eigenvalue weighted by atomic mass is 16.5. The van der Waals surface area contributed by atoms with E-state index in [4.69, 9.17) is 4.74 Å². The third kappa shape index (κ3) is 3.82. The van der Waals surface area contributed by atoms with Crippen molar-refractivity contribution in [3.05, 3.63) is 11.8 Å². The van der Waals surface area contributed by atoms with E-state index >= 15 is 0 Å². The second-order valence-corrected chi connectivity index (χ2v) is 5.49. The van der Waals surface area contributed by atoms with Crippen LogP contribution in [0.5, 0.6) is 5.88 Å². The number of piperidine rings is 1. The Morgan fingerprint density at radius 2 is 2.20 bits per heavy atom. The average Bonchev–Trinajstić information content (AvgIpc) is 2.32. The fraction of sp³-hybridized carbons (Fsp3) is 0.643. The number of amides is 1. The van der Waals surface area contributed by atoms with Crippen molar-refractivity contribution in [2.24, 2.45) is 0 Å². The molecule has 2 heterocycles. The molecule has 0 radical (unpaired) electrons. The van der Waals surface area contributed by atoms with Crippen molar-refractivity contribution in [1.29, 1.82) is 0 Å². The summed E-state index contributed by atoms with van der Waals surface area (Å²) in [5.41, 5.74) is 0.860. The highest BCUT2D eigenvalue weighted by molar-refractivity contribution is 5.76. The first-order chi connectivity index (χ1) is 9.44. The van der Waals surface area contributed by atoms with Gasteiger partial charge in [0.15, 0.2) is 0 Å². The summed E-state index contributed by atoms with van der Waals surface area (Å²) >= 11 is 0. The highest BCUT2D eigenvalue weighted by Crippen LogP contribution is 2.17. The third-order valence-electron chi connectivity index (χ3n) is 3.15. The van der Waals surface area contributed by atoms with Crippen LogP contribution in [-0.4, -0.2) is 46.5 Å². The monoisotopic (exact) mass is 278 g/mol. The molecule has 1 amide bonds. The molecular formula is C14H22N4O2. The molecule has 1 aromatic rings. The van der Waals surface area contributed by atoms with Crippen LogP contribution in [0.4, 0.5) is 5.95 Å². The van der Waals surface area contributed by atoms with Crippen molar-refractivity contribution in [1.82, 2.24) is 14.9 Å². The summed E-state index contributed by atoms with van der Waals surface area (Å²) in [6.45, 7) is 6.52. The Bertz CT molecular complexity index is 490. The molecule has 6 heteroatoms. The van der Waals surface area contributed by atoms with Crippen LogP contribution in [0.1, 0.15) is 32.4 Å². The quantitative estimate of drug-likeness (QED) is 0.906. The van der Waals surface area contributed by atoms with Crippen molar-refractivity contribution in [3.63, 3.8) is 0 Å². The average molecular weight is 278 g/mol. The Balaban J connectivity index is 2.05. The molecule has 20 heavy (non-hydrogen) atoms. The summed E-state index contributed by atoms with van der Waals surface area (Å²) in [4.78, 5) is 21.9. The number of aromatic nitrogens is 2. The minimum absolute atomic E-state index is 0.0792. The summed E-state index contributed by atoms with van der Waals surface area (Å²) in [6.07, 6.45) is 1.45. The zero-order valence-electron chi connectivity index (χ0n) is 12.5. The van der Waals surface area contributed by atoms with Gasteiger partial charge in [-0.2, -0.15) is 4.98 Å². The van der Waals surface area contributed by atoms with Crippen LogP contribution in [0, 0.1) is 6.92 Å². The van der Waals surface area contributed by atoms with E-state index in [1.165, 1.54) is 0 Å². The maximum Gasteiger partial charge on any atom is 0.226 e. The van der Waals surface area contributed by atoms with Crippen molar-refractivity contribution >= 4 is 11.9 Å². The van der Waals surface area contributed by atoms with Gasteiger partial charge in [0.2, 0.25) is 17.7 Å². The predicted molar refractivity (Wildman–Crippen MR) is 76.8 cm³/mol. The van der Waals surface area contributed by atoms with Crippen LogP contribution < -0.4 is 10.1 Å². The van der Waals surface area contributed by atoms with Crippen LogP contribution >= 0.6 is 0 Å². The molecule has 6 nitrogen and oxygen atoms in total. The summed E-state index contributed by atoms with van der Waals surface area (Å²) < 4.78 is 5.61. The van der Waals surface area contributed by atoms with Gasteiger partial charge in [0.1, 0.15) is 0 Å². The van der Waals surface area contributed by atoms with Crippen molar-refractivity contribution in [2.75, 3.05) is 18.9 Å². The lowest BCUT2D eigenvalue weighted by molar-refractivity contribution is -0.132. The van der Waals surface area contributed by atoms with Gasteiger partial charge in [0.25, 0.3) is 0 Å². The summed E-state index contributed by atoms with van der Waals surface area (Å²) in [5, 5.41) is 3.29. The Kier molecular flexibility index (Phi) is 4.42. The number of rotatable bonds is 4. The molecule has 1 aliphatic rings. The number of hydrogen-bond acceptors (Lipinski definition) is 5. The number of anilines is 1. The van der Waals surface area contributed by atoms with Gasteiger partial charge >= 0.3 is 0 Å². The number of hydrogen-bond donors (Lipinski definition) is 1. The van der Waals surface area contributed by atoms with Crippen molar-refractivity contribution in [3.8, 4) is 5.88 Å². The normalized spacial score (nSPS) is 19.4. The predicted octanol–water partition coefficient (Wildman–Crippen LogP) is 1.60. The number of aryl methyl sites for hydroxylation is 1. The first kappa shape index (κ1) is 14.6. The Morgan fingerprint density at radius 1 is 1.45 bits per heavy atom. The number of carbonyl (C=O) groups is 1. The minimum atomic E-state index is 0.0792. The minimum Gasteiger partial charge on any atom is -0.475 e. The SMILES string of the molecule is Cc1cc(OC(C)C)nc(NC2CCC(=O)N(C)C2)n1. The van der Waals surface area contributed by atoms with Gasteiger partial charge in [-0.25, -0.2) is 4.98 Å². The van der Waals surface area contributed by atoms with Gasteiger partial charge in [0.05, 0.1) is 6.10 Å². The maximum absolute atomic E-state index is 11.5. The van der Waals surface area contributed by atoms with Crippen LogP contribution in [0.2, 0.25) is 0 Å². The maximum atomic E-state index is 11.5. The Hall–Kier alpha value is -1.85. The van der Waals surface area contributed by atoms with Gasteiger partial charge in [-0.1, -0.05) is 0 Å². The molecule has 0 aliphatic carbocycles. The third-order valence-corrected chi connectivity index (χ3v) is 3.15. The largest absolute Gasteiger partial charge is 0.475 e. The summed E-state index contributed by atoms with van der Waals surface area (Å²) in [5.74, 6) is 1.33. The number of nitrogens with zero attached hydrogens (tertiary/aromatic N) is 3. The molecule has 0 spiro atoms. The van der Waals surface area contributed by atoms with Crippen molar-refractivity contribution < 1.29 is 9.53 Å². The van der Waals surface area contributed by atoms with Gasteiger partial charge in [-0.05, 0) is 27.2 Å². The molecule has 2 rings (SSSR count). The van der Waals surface area contributed by atoms with Crippen LogP contribution in [-0.2, 0) is 4.79 Å². The Labute approximate surface area is 119 Å². The fourth-order valence-electron chi connectivity index (χ4n) is 2.22. The van der Waals surface area contributed by atoms with Gasteiger partial charge in [-0.3, -0.25) is 4.79 Å².